The number of ether oxygens (including phenoxy) is 11. The summed E-state index contributed by atoms with van der Waals surface area (Å²) in [6.45, 7) is -2.00. The van der Waals surface area contributed by atoms with Crippen molar-refractivity contribution in [3.8, 4) is 0 Å². The van der Waals surface area contributed by atoms with Crippen LogP contribution in [0.3, 0.4) is 0 Å². The van der Waals surface area contributed by atoms with Crippen LogP contribution in [-0.2, 0) is 100 Å². The molecule has 23 atom stereocenters. The number of aliphatic hydroxyl groups is 9. The summed E-state index contributed by atoms with van der Waals surface area (Å²) in [5.41, 5.74) is 0. The zero-order chi connectivity index (χ0) is 66.7. The van der Waals surface area contributed by atoms with Crippen molar-refractivity contribution in [3.05, 3.63) is 0 Å². The smallest absolute Gasteiger partial charge is 0.394 e. The third kappa shape index (κ3) is 23.4. The fraction of sp³-hybridized carbons (Fsp3) is 0.898. The summed E-state index contributed by atoms with van der Waals surface area (Å²) >= 11 is 1.83. The molecule has 20 unspecified atom stereocenters. The predicted octanol–water partition coefficient (Wildman–Crippen LogP) is -9.38. The van der Waals surface area contributed by atoms with Gasteiger partial charge in [0, 0.05) is 44.4 Å². The molecule has 526 valence electrons. The van der Waals surface area contributed by atoms with Crippen LogP contribution in [0.1, 0.15) is 46.0 Å². The van der Waals surface area contributed by atoms with E-state index in [1.54, 1.807) is 0 Å². The van der Waals surface area contributed by atoms with Gasteiger partial charge in [-0.3, -0.25) is 28.3 Å². The summed E-state index contributed by atoms with van der Waals surface area (Å²) in [5, 5.41) is 115. The molecule has 6 rings (SSSR count). The molecule has 0 bridgehead atoms. The summed E-state index contributed by atoms with van der Waals surface area (Å²) < 4.78 is 137. The number of thioether (sulfide) groups is 1. The highest BCUT2D eigenvalue weighted by molar-refractivity contribution is 8.00. The first-order valence-electron chi connectivity index (χ1n) is 29.0. The maximum atomic E-state index is 12.7. The molecule has 6 aliphatic heterocycles. The van der Waals surface area contributed by atoms with Gasteiger partial charge < -0.3 is 130 Å². The minimum atomic E-state index is -5.30. The van der Waals surface area contributed by atoms with Crippen LogP contribution in [0, 0.1) is 0 Å². The first-order valence-corrected chi connectivity index (χ1v) is 32.8. The lowest BCUT2D eigenvalue weighted by atomic mass is 9.94. The molecule has 0 radical (unpaired) electrons. The minimum Gasteiger partial charge on any atom is -0.394 e. The molecule has 17 N–H and O–H groups in total. The number of carbonyl (C=O) groups is 5. The van der Waals surface area contributed by atoms with Crippen LogP contribution in [0.2, 0.25) is 0 Å². The molecule has 6 saturated heterocycles. The van der Waals surface area contributed by atoms with Crippen LogP contribution in [-0.4, -0.2) is 333 Å². The topological polar surface area (TPSA) is 568 Å². The van der Waals surface area contributed by atoms with E-state index in [1.807, 2.05) is 11.8 Å². The van der Waals surface area contributed by atoms with E-state index in [1.165, 1.54) is 0 Å². The summed E-state index contributed by atoms with van der Waals surface area (Å²) in [6, 6.07) is -3.39. The molecular weight excluding hydrogens is 1300 g/mol. The highest BCUT2D eigenvalue weighted by Gasteiger charge is 2.57. The Morgan fingerprint density at radius 1 is 0.560 bits per heavy atom. The molecule has 0 aromatic rings. The van der Waals surface area contributed by atoms with E-state index in [4.69, 9.17) is 52.1 Å². The van der Waals surface area contributed by atoms with Crippen LogP contribution in [0.4, 0.5) is 4.79 Å². The number of nitrogens with one attached hydrogen (secondary N) is 6. The van der Waals surface area contributed by atoms with Crippen molar-refractivity contribution in [1.29, 1.82) is 0 Å². The van der Waals surface area contributed by atoms with Gasteiger partial charge in [0.2, 0.25) is 23.6 Å². The molecule has 6 amide bonds. The van der Waals surface area contributed by atoms with Crippen LogP contribution >= 0.6 is 11.8 Å². The fourth-order valence-electron chi connectivity index (χ4n) is 10.5. The Bertz CT molecular complexity index is 2540. The first kappa shape index (κ1) is 76.5. The second-order valence-electron chi connectivity index (χ2n) is 21.7. The summed E-state index contributed by atoms with van der Waals surface area (Å²) in [6.07, 6.45) is -33.5. The summed E-state index contributed by atoms with van der Waals surface area (Å²) in [5.74, 6) is -1.50. The number of hydrogen-bond donors (Lipinski definition) is 17. The van der Waals surface area contributed by atoms with Gasteiger partial charge in [-0.2, -0.15) is 28.6 Å². The molecule has 42 heteroatoms. The zero-order valence-electron chi connectivity index (χ0n) is 49.3. The highest BCUT2D eigenvalue weighted by atomic mass is 32.3. The van der Waals surface area contributed by atoms with Crippen molar-refractivity contribution in [2.45, 2.75) is 186 Å². The fourth-order valence-corrected chi connectivity index (χ4v) is 12.7. The predicted molar refractivity (Wildman–Crippen MR) is 299 cm³/mol. The van der Waals surface area contributed by atoms with E-state index in [2.05, 4.69) is 40.3 Å². The van der Waals surface area contributed by atoms with Crippen LogP contribution in [0.15, 0.2) is 0 Å². The van der Waals surface area contributed by atoms with Crippen LogP contribution in [0.25, 0.3) is 0 Å². The molecule has 39 nitrogen and oxygen atoms in total. The quantitative estimate of drug-likeness (QED) is 0.0156. The number of aliphatic hydroxyl groups excluding tert-OH is 9. The zero-order valence-corrected chi connectivity index (χ0v) is 51.8. The maximum absolute atomic E-state index is 12.7. The molecule has 0 aliphatic carbocycles. The standard InChI is InChI=1S/C49H84N6O33S3/c1-22(58)52-33-42(87-48-41(68)44(36(63)26(17-57)83-48)88-46-34(53-23(2)59)43(38(65)28(85-46)19-81-91(73,74)75)86-47-40(67)39(66)35(62)25(16-56)82-47)37(64)27(18-80-90(70,71)72)84-45(33)79-10-5-8-50-31(61)20-78-15-14-77-13-12-76-11-9-51-30(60)7-4-3-6-29-32-24(21-89-29)54-49(69)55-32/h24-29,32-48,56-57,62-68H,3-21H2,1-2H3,(H,50,61)(H,51,60)(H,52,58)(H,53,59)(H2,54,55,69)(H,70,71,72)(H,73,74,75)/t24-,25?,26?,27?,28?,29-,32-,33?,34?,35?,36?,37?,38?,39?,40?,41?,42?,43?,44?,45?,46?,47?,48?/m0/s1. The van der Waals surface area contributed by atoms with Crippen LogP contribution < -0.4 is 31.9 Å². The van der Waals surface area contributed by atoms with Gasteiger partial charge in [-0.1, -0.05) is 6.42 Å². The Balaban J connectivity index is 1.00. The number of rotatable bonds is 37. The average Bonchev–Trinajstić information content (AvgIpc) is 1.07. The Morgan fingerprint density at radius 3 is 1.65 bits per heavy atom. The molecule has 0 aromatic carbocycles. The molecule has 6 fully saturated rings. The normalized spacial score (nSPS) is 36.0. The third-order valence-electron chi connectivity index (χ3n) is 14.9. The lowest BCUT2D eigenvalue weighted by molar-refractivity contribution is -0.375. The number of amides is 6. The summed E-state index contributed by atoms with van der Waals surface area (Å²) in [4.78, 5) is 61.8. The average molecular weight is 1380 g/mol. The maximum Gasteiger partial charge on any atom is 0.397 e. The van der Waals surface area contributed by atoms with E-state index in [0.717, 1.165) is 38.9 Å². The van der Waals surface area contributed by atoms with Gasteiger partial charge in [0.15, 0.2) is 25.2 Å². The Kier molecular flexibility index (Phi) is 30.7. The van der Waals surface area contributed by atoms with Gasteiger partial charge in [0.05, 0.1) is 78.2 Å². The van der Waals surface area contributed by atoms with Gasteiger partial charge in [0.25, 0.3) is 0 Å². The Labute approximate surface area is 526 Å². The lowest BCUT2D eigenvalue weighted by Crippen LogP contribution is -2.70. The Morgan fingerprint density at radius 2 is 1.07 bits per heavy atom. The highest BCUT2D eigenvalue weighted by Crippen LogP contribution is 2.36. The van der Waals surface area contributed by atoms with Gasteiger partial charge in [-0.05, 0) is 19.3 Å². The second-order valence-corrected chi connectivity index (χ2v) is 25.2. The lowest BCUT2D eigenvalue weighted by Gasteiger charge is -2.50. The van der Waals surface area contributed by atoms with Gasteiger partial charge in [-0.15, -0.1) is 0 Å². The van der Waals surface area contributed by atoms with Crippen molar-refractivity contribution in [2.24, 2.45) is 0 Å². The van der Waals surface area contributed by atoms with Crippen molar-refractivity contribution < 1.29 is 156 Å². The third-order valence-corrected chi connectivity index (χ3v) is 17.3. The van der Waals surface area contributed by atoms with E-state index < -0.39 is 188 Å². The molecular formula is C49H84N6O33S3. The van der Waals surface area contributed by atoms with Crippen molar-refractivity contribution in [3.63, 3.8) is 0 Å². The minimum absolute atomic E-state index is 0.0312. The van der Waals surface area contributed by atoms with Gasteiger partial charge >= 0.3 is 26.8 Å². The number of fused-ring (bicyclic) bond motifs is 1. The van der Waals surface area contributed by atoms with Crippen molar-refractivity contribution >= 4 is 62.2 Å². The van der Waals surface area contributed by atoms with E-state index in [-0.39, 0.29) is 83.2 Å². The van der Waals surface area contributed by atoms with E-state index >= 15 is 0 Å². The number of hydrogen-bond acceptors (Lipinski definition) is 32. The van der Waals surface area contributed by atoms with E-state index in [9.17, 15) is 95.9 Å². The Hall–Kier alpha value is -3.56. The molecule has 6 heterocycles. The van der Waals surface area contributed by atoms with Gasteiger partial charge in [0.1, 0.15) is 104 Å². The number of unbranched alkanes of at least 4 members (excludes halogenated alkanes) is 1. The second kappa shape index (κ2) is 36.5. The van der Waals surface area contributed by atoms with Crippen molar-refractivity contribution in [2.75, 3.05) is 91.5 Å². The summed E-state index contributed by atoms with van der Waals surface area (Å²) in [7, 11) is -10.5. The van der Waals surface area contributed by atoms with Crippen molar-refractivity contribution in [1.82, 2.24) is 31.9 Å². The SMILES string of the molecule is CC(=O)NC1C(OC2C(O)C(CO)OC(OC3C(O)C(COS(=O)(=O)O)OC(OCCCNC(=O)COCCOCCOCCNC(=O)CCCC[C@@H]4SC[C@@H]5NC(=O)N[C@@H]54)C3NC(C)=O)C2O)OC(COS(=O)(=O)O)C(O)C1OC1OC(CO)C(O)C(O)C1O. The molecule has 91 heavy (non-hydrogen) atoms. The molecule has 0 spiro atoms. The van der Waals surface area contributed by atoms with E-state index in [0.29, 0.717) is 18.2 Å². The largest absolute Gasteiger partial charge is 0.397 e. The van der Waals surface area contributed by atoms with Crippen LogP contribution in [0.5, 0.6) is 0 Å². The van der Waals surface area contributed by atoms with Gasteiger partial charge in [-0.25, -0.2) is 13.2 Å². The molecule has 6 aliphatic rings. The number of urea groups is 1. The monoisotopic (exact) mass is 1380 g/mol. The molecule has 0 aromatic heterocycles. The first-order chi connectivity index (χ1) is 43.1. The molecule has 0 saturated carbocycles. The number of carbonyl (C=O) groups excluding carboxylic acids is 5.